The highest BCUT2D eigenvalue weighted by atomic mass is 32.2. The topological polar surface area (TPSA) is 54.4 Å². The molecule has 2 rings (SSSR count). The van der Waals surface area contributed by atoms with Gasteiger partial charge in [0.05, 0.1) is 0 Å². The summed E-state index contributed by atoms with van der Waals surface area (Å²) in [6, 6.07) is 12.4. The van der Waals surface area contributed by atoms with Gasteiger partial charge in [0.25, 0.3) is 10.1 Å². The minimum Gasteiger partial charge on any atom is -0.282 e. The fraction of sp³-hybridized carbons (Fsp3) is 0.143. The predicted molar refractivity (Wildman–Crippen MR) is 76.3 cm³/mol. The largest absolute Gasteiger partial charge is 0.295 e. The van der Waals surface area contributed by atoms with E-state index in [1.165, 1.54) is 17.8 Å². The van der Waals surface area contributed by atoms with Gasteiger partial charge in [0, 0.05) is 9.79 Å². The second-order valence-electron chi connectivity index (χ2n) is 4.29. The first kappa shape index (κ1) is 14.1. The van der Waals surface area contributed by atoms with Crippen molar-refractivity contribution in [2.24, 2.45) is 0 Å². The average Bonchev–Trinajstić information content (AvgIpc) is 2.32. The summed E-state index contributed by atoms with van der Waals surface area (Å²) >= 11 is 1.34. The van der Waals surface area contributed by atoms with Gasteiger partial charge in [0.1, 0.15) is 4.90 Å². The van der Waals surface area contributed by atoms with Crippen LogP contribution >= 0.6 is 11.8 Å². The van der Waals surface area contributed by atoms with E-state index in [0.29, 0.717) is 4.90 Å². The maximum atomic E-state index is 11.3. The lowest BCUT2D eigenvalue weighted by molar-refractivity contribution is 0.481. The maximum absolute atomic E-state index is 11.3. The lowest BCUT2D eigenvalue weighted by Crippen LogP contribution is -1.99. The van der Waals surface area contributed by atoms with Crippen LogP contribution in [0, 0.1) is 13.8 Å². The van der Waals surface area contributed by atoms with Gasteiger partial charge in [0.2, 0.25) is 0 Å². The summed E-state index contributed by atoms with van der Waals surface area (Å²) < 4.78 is 31.9. The molecule has 0 saturated carbocycles. The molecule has 0 aromatic heterocycles. The molecule has 0 bridgehead atoms. The lowest BCUT2D eigenvalue weighted by Gasteiger charge is -2.09. The molecule has 3 nitrogen and oxygen atoms in total. The molecule has 2 aromatic rings. The highest BCUT2D eigenvalue weighted by molar-refractivity contribution is 8.00. The first-order valence-electron chi connectivity index (χ1n) is 5.69. The highest BCUT2D eigenvalue weighted by Crippen LogP contribution is 2.34. The number of hydrogen-bond donors (Lipinski definition) is 1. The van der Waals surface area contributed by atoms with Gasteiger partial charge in [-0.2, -0.15) is 8.42 Å². The summed E-state index contributed by atoms with van der Waals surface area (Å²) in [7, 11) is -4.20. The molecule has 19 heavy (non-hydrogen) atoms. The minimum atomic E-state index is -4.20. The normalized spacial score (nSPS) is 11.5. The van der Waals surface area contributed by atoms with Gasteiger partial charge >= 0.3 is 0 Å². The van der Waals surface area contributed by atoms with E-state index in [-0.39, 0.29) is 4.90 Å². The average molecular weight is 294 g/mol. The maximum Gasteiger partial charge on any atom is 0.295 e. The second-order valence-corrected chi connectivity index (χ2v) is 6.77. The van der Waals surface area contributed by atoms with E-state index in [2.05, 4.69) is 0 Å². The van der Waals surface area contributed by atoms with Crippen molar-refractivity contribution in [2.75, 3.05) is 0 Å². The quantitative estimate of drug-likeness (QED) is 0.877. The van der Waals surface area contributed by atoms with Crippen LogP contribution in [0.5, 0.6) is 0 Å². The van der Waals surface area contributed by atoms with Gasteiger partial charge in [-0.25, -0.2) is 0 Å². The summed E-state index contributed by atoms with van der Waals surface area (Å²) in [5, 5.41) is 0. The number of rotatable bonds is 3. The van der Waals surface area contributed by atoms with Crippen molar-refractivity contribution >= 4 is 21.9 Å². The lowest BCUT2D eigenvalue weighted by atomic mass is 10.2. The van der Waals surface area contributed by atoms with Crippen LogP contribution in [0.15, 0.2) is 57.2 Å². The Bertz CT molecular complexity index is 706. The summed E-state index contributed by atoms with van der Waals surface area (Å²) in [5.74, 6) is 0. The van der Waals surface area contributed by atoms with E-state index >= 15 is 0 Å². The van der Waals surface area contributed by atoms with Crippen LogP contribution in [0.2, 0.25) is 0 Å². The van der Waals surface area contributed by atoms with Gasteiger partial charge in [-0.1, -0.05) is 41.6 Å². The van der Waals surface area contributed by atoms with Gasteiger partial charge in [0.15, 0.2) is 0 Å². The summed E-state index contributed by atoms with van der Waals surface area (Å²) in [6.07, 6.45) is 0. The molecule has 1 N–H and O–H groups in total. The van der Waals surface area contributed by atoms with E-state index < -0.39 is 10.1 Å². The Hall–Kier alpha value is -1.30. The van der Waals surface area contributed by atoms with Crippen LogP contribution < -0.4 is 0 Å². The van der Waals surface area contributed by atoms with Crippen molar-refractivity contribution in [3.63, 3.8) is 0 Å². The molecule has 0 spiro atoms. The fourth-order valence-electron chi connectivity index (χ4n) is 1.78. The monoisotopic (exact) mass is 294 g/mol. The Balaban J connectivity index is 2.44. The molecule has 100 valence electrons. The zero-order valence-corrected chi connectivity index (χ0v) is 12.3. The van der Waals surface area contributed by atoms with E-state index in [1.807, 2.05) is 32.0 Å². The summed E-state index contributed by atoms with van der Waals surface area (Å²) in [6.45, 7) is 3.99. The molecule has 0 fully saturated rings. The Kier molecular flexibility index (Phi) is 3.99. The predicted octanol–water partition coefficient (Wildman–Crippen LogP) is 3.70. The Morgan fingerprint density at radius 1 is 1.00 bits per heavy atom. The molecule has 5 heteroatoms. The second kappa shape index (κ2) is 5.36. The molecule has 0 amide bonds. The zero-order chi connectivity index (χ0) is 14.0. The molecule has 0 aliphatic heterocycles. The van der Waals surface area contributed by atoms with Gasteiger partial charge in [-0.05, 0) is 37.6 Å². The van der Waals surface area contributed by atoms with Crippen molar-refractivity contribution in [1.82, 2.24) is 0 Å². The SMILES string of the molecule is Cc1ccc(Sc2ccccc2S(=O)(=O)O)c(C)c1. The van der Waals surface area contributed by atoms with Crippen LogP contribution in [0.1, 0.15) is 11.1 Å². The molecule has 2 aromatic carbocycles. The van der Waals surface area contributed by atoms with E-state index in [0.717, 1.165) is 16.0 Å². The summed E-state index contributed by atoms with van der Waals surface area (Å²) in [5.41, 5.74) is 2.24. The van der Waals surface area contributed by atoms with Crippen molar-refractivity contribution in [3.05, 3.63) is 53.6 Å². The van der Waals surface area contributed by atoms with Gasteiger partial charge < -0.3 is 0 Å². The molecular formula is C14H14O3S2. The van der Waals surface area contributed by atoms with E-state index in [1.54, 1.807) is 18.2 Å². The smallest absolute Gasteiger partial charge is 0.282 e. The molecule has 0 unspecified atom stereocenters. The molecule has 0 aliphatic carbocycles. The van der Waals surface area contributed by atoms with Crippen LogP contribution in [-0.4, -0.2) is 13.0 Å². The highest BCUT2D eigenvalue weighted by Gasteiger charge is 2.15. The third-order valence-corrected chi connectivity index (χ3v) is 4.97. The minimum absolute atomic E-state index is 0.0556. The molecule has 0 heterocycles. The van der Waals surface area contributed by atoms with Crippen LogP contribution in [-0.2, 0) is 10.1 Å². The van der Waals surface area contributed by atoms with Crippen molar-refractivity contribution in [2.45, 2.75) is 28.5 Å². The first-order valence-corrected chi connectivity index (χ1v) is 7.95. The zero-order valence-electron chi connectivity index (χ0n) is 10.6. The molecule has 0 aliphatic rings. The number of hydrogen-bond acceptors (Lipinski definition) is 3. The van der Waals surface area contributed by atoms with Crippen LogP contribution in [0.3, 0.4) is 0 Å². The van der Waals surface area contributed by atoms with Gasteiger partial charge in [-0.3, -0.25) is 4.55 Å². The molecular weight excluding hydrogens is 280 g/mol. The number of aryl methyl sites for hydroxylation is 2. The Labute approximate surface area is 117 Å². The van der Waals surface area contributed by atoms with Crippen molar-refractivity contribution in [3.8, 4) is 0 Å². The Morgan fingerprint density at radius 2 is 1.68 bits per heavy atom. The third-order valence-electron chi connectivity index (χ3n) is 2.68. The molecule has 0 radical (unpaired) electrons. The fourth-order valence-corrected chi connectivity index (χ4v) is 3.70. The number of benzene rings is 2. The van der Waals surface area contributed by atoms with Gasteiger partial charge in [-0.15, -0.1) is 0 Å². The molecule has 0 saturated heterocycles. The van der Waals surface area contributed by atoms with Crippen molar-refractivity contribution in [1.29, 1.82) is 0 Å². The Morgan fingerprint density at radius 3 is 2.32 bits per heavy atom. The first-order chi connectivity index (χ1) is 8.88. The summed E-state index contributed by atoms with van der Waals surface area (Å²) in [4.78, 5) is 1.44. The van der Waals surface area contributed by atoms with Crippen LogP contribution in [0.4, 0.5) is 0 Å². The third kappa shape index (κ3) is 3.37. The van der Waals surface area contributed by atoms with Crippen LogP contribution in [0.25, 0.3) is 0 Å². The molecule has 0 atom stereocenters. The van der Waals surface area contributed by atoms with E-state index in [4.69, 9.17) is 0 Å². The van der Waals surface area contributed by atoms with E-state index in [9.17, 15) is 13.0 Å². The standard InChI is InChI=1S/C14H14O3S2/c1-10-7-8-12(11(2)9-10)18-13-5-3-4-6-14(13)19(15,16)17/h3-9H,1-2H3,(H,15,16,17). The van der Waals surface area contributed by atoms with Crippen molar-refractivity contribution < 1.29 is 13.0 Å².